The fourth-order valence-corrected chi connectivity index (χ4v) is 3.36. The molecule has 1 aliphatic rings. The van der Waals surface area contributed by atoms with Crippen LogP contribution in [0.1, 0.15) is 18.2 Å². The van der Waals surface area contributed by atoms with E-state index in [4.69, 9.17) is 0 Å². The van der Waals surface area contributed by atoms with Crippen molar-refractivity contribution in [2.75, 3.05) is 0 Å². The van der Waals surface area contributed by atoms with Gasteiger partial charge in [0.25, 0.3) is 5.91 Å². The molecule has 3 amide bonds. The number of imide groups is 1. The first-order chi connectivity index (χ1) is 14.7. The topological polar surface area (TPSA) is 76.5 Å². The minimum Gasteiger partial charge on any atom is -0.406 e. The van der Waals surface area contributed by atoms with Crippen LogP contribution in [0.3, 0.4) is 0 Å². The van der Waals surface area contributed by atoms with Gasteiger partial charge in [-0.05, 0) is 42.8 Å². The zero-order chi connectivity index (χ0) is 22.2. The molecule has 2 heterocycles. The number of carbonyl (C=O) groups is 2. The lowest BCUT2D eigenvalue weighted by Crippen LogP contribution is -2.40. The van der Waals surface area contributed by atoms with Crippen LogP contribution in [0.15, 0.2) is 66.9 Å². The second-order valence-corrected chi connectivity index (χ2v) is 7.11. The number of para-hydroxylation sites is 1. The summed E-state index contributed by atoms with van der Waals surface area (Å²) in [7, 11) is 0. The van der Waals surface area contributed by atoms with Gasteiger partial charge in [0.2, 0.25) is 0 Å². The molecule has 10 heteroatoms. The van der Waals surface area contributed by atoms with Crippen molar-refractivity contribution in [1.82, 2.24) is 20.0 Å². The Morgan fingerprint density at radius 2 is 1.71 bits per heavy atom. The summed E-state index contributed by atoms with van der Waals surface area (Å²) in [5, 5.41) is 7.01. The van der Waals surface area contributed by atoms with Crippen molar-refractivity contribution in [1.29, 1.82) is 0 Å². The molecule has 1 saturated heterocycles. The van der Waals surface area contributed by atoms with Crippen molar-refractivity contribution in [2.24, 2.45) is 0 Å². The van der Waals surface area contributed by atoms with Crippen molar-refractivity contribution in [3.63, 3.8) is 0 Å². The normalized spacial score (nSPS) is 18.9. The summed E-state index contributed by atoms with van der Waals surface area (Å²) in [6.07, 6.45) is -3.09. The molecule has 0 radical (unpaired) electrons. The van der Waals surface area contributed by atoms with E-state index in [0.29, 0.717) is 11.3 Å². The molecule has 160 valence electrons. The van der Waals surface area contributed by atoms with E-state index in [0.717, 1.165) is 22.7 Å². The highest BCUT2D eigenvalue weighted by atomic mass is 19.4. The number of ether oxygens (including phenoxy) is 1. The number of hydrogen-bond acceptors (Lipinski definition) is 4. The molecule has 4 rings (SSSR count). The number of hydrogen-bond donors (Lipinski definition) is 1. The van der Waals surface area contributed by atoms with E-state index in [1.54, 1.807) is 16.9 Å². The molecule has 3 aromatic rings. The third kappa shape index (κ3) is 4.09. The van der Waals surface area contributed by atoms with Crippen molar-refractivity contribution < 1.29 is 27.5 Å². The van der Waals surface area contributed by atoms with Crippen molar-refractivity contribution in [3.8, 4) is 11.4 Å². The Bertz CT molecular complexity index is 1110. The number of nitrogens with one attached hydrogen (secondary N) is 1. The number of benzene rings is 2. The average Bonchev–Trinajstić information content (AvgIpc) is 3.27. The highest BCUT2D eigenvalue weighted by Gasteiger charge is 2.49. The maximum Gasteiger partial charge on any atom is 0.573 e. The zero-order valence-corrected chi connectivity index (χ0v) is 16.3. The molecule has 1 N–H and O–H groups in total. The Balaban J connectivity index is 1.51. The third-order valence-electron chi connectivity index (χ3n) is 4.93. The Labute approximate surface area is 175 Å². The molecule has 31 heavy (non-hydrogen) atoms. The minimum absolute atomic E-state index is 0.0463. The fraction of sp³-hybridized carbons (Fsp3) is 0.190. The Morgan fingerprint density at radius 1 is 1.03 bits per heavy atom. The smallest absolute Gasteiger partial charge is 0.406 e. The number of nitrogens with zero attached hydrogens (tertiary/aromatic N) is 3. The highest BCUT2D eigenvalue weighted by molar-refractivity contribution is 6.07. The van der Waals surface area contributed by atoms with E-state index < -0.39 is 29.6 Å². The van der Waals surface area contributed by atoms with Gasteiger partial charge in [-0.25, -0.2) is 9.48 Å². The Morgan fingerprint density at radius 3 is 2.35 bits per heavy atom. The molecule has 7 nitrogen and oxygen atoms in total. The van der Waals surface area contributed by atoms with Gasteiger partial charge in [-0.1, -0.05) is 30.3 Å². The van der Waals surface area contributed by atoms with Gasteiger partial charge in [0.15, 0.2) is 0 Å². The summed E-state index contributed by atoms with van der Waals surface area (Å²) in [4.78, 5) is 26.6. The third-order valence-corrected chi connectivity index (χ3v) is 4.93. The number of amides is 3. The van der Waals surface area contributed by atoms with E-state index in [1.165, 1.54) is 19.1 Å². The molecular formula is C21H17F3N4O3. The maximum atomic E-state index is 13.0. The lowest BCUT2D eigenvalue weighted by molar-refractivity contribution is -0.274. The van der Waals surface area contributed by atoms with E-state index in [-0.39, 0.29) is 6.54 Å². The van der Waals surface area contributed by atoms with Gasteiger partial charge in [0.05, 0.1) is 17.9 Å². The van der Waals surface area contributed by atoms with Crippen LogP contribution < -0.4 is 10.1 Å². The maximum absolute atomic E-state index is 13.0. The summed E-state index contributed by atoms with van der Waals surface area (Å²) in [5.41, 5.74) is 0.246. The number of halogens is 3. The Kier molecular flexibility index (Phi) is 4.92. The molecule has 0 saturated carbocycles. The number of carbonyl (C=O) groups excluding carboxylic acids is 2. The summed E-state index contributed by atoms with van der Waals surface area (Å²) in [6.45, 7) is 1.45. The number of alkyl halides is 3. The first kappa shape index (κ1) is 20.5. The minimum atomic E-state index is -4.82. The molecule has 1 aliphatic heterocycles. The number of urea groups is 1. The molecule has 1 fully saturated rings. The molecule has 0 bridgehead atoms. The van der Waals surface area contributed by atoms with Crippen LogP contribution >= 0.6 is 0 Å². The van der Waals surface area contributed by atoms with Crippen LogP contribution in [-0.4, -0.2) is 33.0 Å². The van der Waals surface area contributed by atoms with Gasteiger partial charge in [-0.15, -0.1) is 13.2 Å². The Hall–Kier alpha value is -3.82. The standard InChI is InChI=1S/C21H17F3N4O3/c1-20(14-7-9-17(10-8-14)31-21(22,23)24)18(29)27(19(30)25-20)13-15-11-12-28(26-15)16-5-3-2-4-6-16/h2-12H,13H2,1H3,(H,25,30). The molecule has 0 aliphatic carbocycles. The molecule has 1 atom stereocenters. The van der Waals surface area contributed by atoms with Crippen LogP contribution in [0, 0.1) is 0 Å². The van der Waals surface area contributed by atoms with Gasteiger partial charge in [-0.2, -0.15) is 5.10 Å². The SMILES string of the molecule is CC1(c2ccc(OC(F)(F)F)cc2)NC(=O)N(Cc2ccn(-c3ccccc3)n2)C1=O. The summed E-state index contributed by atoms with van der Waals surface area (Å²) < 4.78 is 42.5. The largest absolute Gasteiger partial charge is 0.573 e. The van der Waals surface area contributed by atoms with E-state index >= 15 is 0 Å². The van der Waals surface area contributed by atoms with Crippen molar-refractivity contribution >= 4 is 11.9 Å². The van der Waals surface area contributed by atoms with Gasteiger partial charge in [0, 0.05) is 6.20 Å². The predicted octanol–water partition coefficient (Wildman–Crippen LogP) is 3.74. The number of rotatable bonds is 5. The van der Waals surface area contributed by atoms with Gasteiger partial charge in [0.1, 0.15) is 11.3 Å². The van der Waals surface area contributed by atoms with Crippen LogP contribution in [-0.2, 0) is 16.9 Å². The van der Waals surface area contributed by atoms with Crippen molar-refractivity contribution in [3.05, 3.63) is 78.1 Å². The molecule has 1 aromatic heterocycles. The van der Waals surface area contributed by atoms with Crippen molar-refractivity contribution in [2.45, 2.75) is 25.4 Å². The lowest BCUT2D eigenvalue weighted by atomic mass is 9.92. The fourth-order valence-electron chi connectivity index (χ4n) is 3.36. The summed E-state index contributed by atoms with van der Waals surface area (Å²) in [5.74, 6) is -0.948. The van der Waals surface area contributed by atoms with Gasteiger partial charge in [-0.3, -0.25) is 9.69 Å². The first-order valence-corrected chi connectivity index (χ1v) is 9.26. The zero-order valence-electron chi connectivity index (χ0n) is 16.3. The second-order valence-electron chi connectivity index (χ2n) is 7.11. The molecule has 0 spiro atoms. The van der Waals surface area contributed by atoms with Gasteiger partial charge < -0.3 is 10.1 Å². The van der Waals surface area contributed by atoms with E-state index in [1.807, 2.05) is 30.3 Å². The van der Waals surface area contributed by atoms with Crippen LogP contribution in [0.4, 0.5) is 18.0 Å². The monoisotopic (exact) mass is 430 g/mol. The second kappa shape index (κ2) is 7.46. The summed E-state index contributed by atoms with van der Waals surface area (Å²) >= 11 is 0. The quantitative estimate of drug-likeness (QED) is 0.626. The highest BCUT2D eigenvalue weighted by Crippen LogP contribution is 2.32. The van der Waals surface area contributed by atoms with Crippen LogP contribution in [0.25, 0.3) is 5.69 Å². The molecular weight excluding hydrogens is 413 g/mol. The van der Waals surface area contributed by atoms with E-state index in [9.17, 15) is 22.8 Å². The number of aromatic nitrogens is 2. The molecule has 2 aromatic carbocycles. The van der Waals surface area contributed by atoms with Crippen LogP contribution in [0.2, 0.25) is 0 Å². The predicted molar refractivity (Wildman–Crippen MR) is 103 cm³/mol. The average molecular weight is 430 g/mol. The first-order valence-electron chi connectivity index (χ1n) is 9.26. The lowest BCUT2D eigenvalue weighted by Gasteiger charge is -2.22. The molecule has 1 unspecified atom stereocenters. The van der Waals surface area contributed by atoms with Gasteiger partial charge >= 0.3 is 12.4 Å². The summed E-state index contributed by atoms with van der Waals surface area (Å²) in [6, 6.07) is 15.2. The van der Waals surface area contributed by atoms with Crippen LogP contribution in [0.5, 0.6) is 5.75 Å². The van der Waals surface area contributed by atoms with E-state index in [2.05, 4.69) is 15.2 Å².